The maximum atomic E-state index is 11.2. The Kier molecular flexibility index (Phi) is 11.2. The number of carboxylic acid groups (broad SMARTS) is 1. The van der Waals surface area contributed by atoms with Gasteiger partial charge in [0.15, 0.2) is 0 Å². The third kappa shape index (κ3) is 11.1. The van der Waals surface area contributed by atoms with E-state index in [0.717, 1.165) is 11.1 Å². The molecule has 0 aliphatic heterocycles. The smallest absolute Gasteiger partial charge is 0.407 e. The first kappa shape index (κ1) is 23.6. The van der Waals surface area contributed by atoms with Crippen LogP contribution in [0.2, 0.25) is 0 Å². The summed E-state index contributed by atoms with van der Waals surface area (Å²) in [6.07, 6.45) is -0.207. The van der Waals surface area contributed by atoms with Gasteiger partial charge in [0.25, 0.3) is 0 Å². The molecule has 0 fully saturated rings. The summed E-state index contributed by atoms with van der Waals surface area (Å²) in [5.41, 5.74) is 7.56. The average molecular weight is 402 g/mol. The second kappa shape index (κ2) is 13.7. The van der Waals surface area contributed by atoms with Crippen LogP contribution in [0.4, 0.5) is 4.79 Å². The monoisotopic (exact) mass is 402 g/mol. The van der Waals surface area contributed by atoms with Crippen LogP contribution >= 0.6 is 0 Å². The topological polar surface area (TPSA) is 128 Å². The molecular formula is C21H26N2O6. The Balaban J connectivity index is 0.000000291. The van der Waals surface area contributed by atoms with Gasteiger partial charge in [0, 0.05) is 0 Å². The third-order valence-electron chi connectivity index (χ3n) is 3.48. The number of aliphatic carboxylic acids is 1. The van der Waals surface area contributed by atoms with E-state index in [1.54, 1.807) is 6.92 Å². The number of carboxylic acids is 1. The third-order valence-corrected chi connectivity index (χ3v) is 3.48. The molecule has 0 saturated heterocycles. The number of benzene rings is 2. The molecule has 0 aromatic heterocycles. The Bertz CT molecular complexity index is 752. The molecule has 0 radical (unpaired) electrons. The van der Waals surface area contributed by atoms with Crippen molar-refractivity contribution in [1.29, 1.82) is 0 Å². The van der Waals surface area contributed by atoms with Crippen LogP contribution in [-0.4, -0.2) is 42.3 Å². The molecule has 2 rings (SSSR count). The van der Waals surface area contributed by atoms with E-state index in [4.69, 9.17) is 20.3 Å². The summed E-state index contributed by atoms with van der Waals surface area (Å²) in [6.45, 7) is 1.84. The number of alkyl carbamates (subject to hydrolysis) is 1. The summed E-state index contributed by atoms with van der Waals surface area (Å²) in [7, 11) is 0. The van der Waals surface area contributed by atoms with Crippen LogP contribution in [-0.2, 0) is 32.1 Å². The molecule has 0 aliphatic rings. The largest absolute Gasteiger partial charge is 0.480 e. The van der Waals surface area contributed by atoms with Crippen molar-refractivity contribution in [2.75, 3.05) is 13.2 Å². The van der Waals surface area contributed by atoms with Crippen molar-refractivity contribution in [3.8, 4) is 0 Å². The molecule has 1 atom stereocenters. The van der Waals surface area contributed by atoms with Crippen LogP contribution in [0.15, 0.2) is 60.7 Å². The van der Waals surface area contributed by atoms with E-state index in [0.29, 0.717) is 13.0 Å². The fourth-order valence-corrected chi connectivity index (χ4v) is 2.12. The number of ether oxygens (including phenoxy) is 2. The van der Waals surface area contributed by atoms with Crippen LogP contribution < -0.4 is 11.1 Å². The van der Waals surface area contributed by atoms with E-state index in [1.807, 2.05) is 60.7 Å². The minimum Gasteiger partial charge on any atom is -0.480 e. The lowest BCUT2D eigenvalue weighted by Crippen LogP contribution is -2.34. The van der Waals surface area contributed by atoms with Crippen molar-refractivity contribution in [2.24, 2.45) is 5.73 Å². The Morgan fingerprint density at radius 1 is 0.966 bits per heavy atom. The first-order chi connectivity index (χ1) is 13.9. The molecule has 1 unspecified atom stereocenters. The van der Waals surface area contributed by atoms with Crippen LogP contribution in [0, 0.1) is 0 Å². The number of nitrogens with one attached hydrogen (secondary N) is 1. The number of hydrogen-bond acceptors (Lipinski definition) is 6. The molecule has 1 amide bonds. The summed E-state index contributed by atoms with van der Waals surface area (Å²) in [5, 5.41) is 10.4. The summed E-state index contributed by atoms with van der Waals surface area (Å²) in [6, 6.07) is 18.2. The molecule has 2 aromatic rings. The van der Waals surface area contributed by atoms with E-state index in [9.17, 15) is 14.4 Å². The molecule has 0 bridgehead atoms. The number of carbonyl (C=O) groups excluding carboxylic acids is 2. The first-order valence-electron chi connectivity index (χ1n) is 9.04. The van der Waals surface area contributed by atoms with E-state index in [-0.39, 0.29) is 12.6 Å². The van der Waals surface area contributed by atoms with Crippen molar-refractivity contribution in [1.82, 2.24) is 5.32 Å². The number of amides is 1. The SMILES string of the molecule is CCOC(=O)C(N)Cc1ccccc1.O=C(O)CNC(=O)OCc1ccccc1. The Morgan fingerprint density at radius 3 is 2.03 bits per heavy atom. The maximum absolute atomic E-state index is 11.2. The van der Waals surface area contributed by atoms with Crippen LogP contribution in [0.5, 0.6) is 0 Å². The van der Waals surface area contributed by atoms with E-state index in [2.05, 4.69) is 5.32 Å². The minimum absolute atomic E-state index is 0.131. The van der Waals surface area contributed by atoms with Crippen LogP contribution in [0.1, 0.15) is 18.1 Å². The molecule has 0 saturated carbocycles. The zero-order valence-electron chi connectivity index (χ0n) is 16.2. The van der Waals surface area contributed by atoms with Gasteiger partial charge in [-0.1, -0.05) is 60.7 Å². The second-order valence-electron chi connectivity index (χ2n) is 5.86. The minimum atomic E-state index is -1.10. The second-order valence-corrected chi connectivity index (χ2v) is 5.86. The average Bonchev–Trinajstić information content (AvgIpc) is 2.73. The van der Waals surface area contributed by atoms with Gasteiger partial charge in [0.05, 0.1) is 6.61 Å². The van der Waals surface area contributed by atoms with Crippen LogP contribution in [0.3, 0.4) is 0 Å². The normalized spacial score (nSPS) is 10.7. The lowest BCUT2D eigenvalue weighted by molar-refractivity contribution is -0.144. The molecule has 156 valence electrons. The van der Waals surface area contributed by atoms with Gasteiger partial charge in [-0.25, -0.2) is 4.79 Å². The van der Waals surface area contributed by atoms with Crippen molar-refractivity contribution >= 4 is 18.0 Å². The Morgan fingerprint density at radius 2 is 1.52 bits per heavy atom. The molecule has 29 heavy (non-hydrogen) atoms. The highest BCUT2D eigenvalue weighted by Gasteiger charge is 2.14. The lowest BCUT2D eigenvalue weighted by atomic mass is 10.1. The molecule has 0 spiro atoms. The highest BCUT2D eigenvalue weighted by molar-refractivity contribution is 5.76. The highest BCUT2D eigenvalue weighted by Crippen LogP contribution is 2.03. The van der Waals surface area contributed by atoms with Gasteiger partial charge in [0.1, 0.15) is 19.2 Å². The highest BCUT2D eigenvalue weighted by atomic mass is 16.5. The summed E-state index contributed by atoms with van der Waals surface area (Å²) in [5.74, 6) is -1.44. The fraction of sp³-hybridized carbons (Fsp3) is 0.286. The van der Waals surface area contributed by atoms with Gasteiger partial charge >= 0.3 is 18.0 Å². The zero-order chi connectivity index (χ0) is 21.5. The predicted molar refractivity (Wildman–Crippen MR) is 107 cm³/mol. The predicted octanol–water partition coefficient (Wildman–Crippen LogP) is 2.12. The van der Waals surface area contributed by atoms with Crippen molar-refractivity contribution < 1.29 is 29.0 Å². The molecule has 4 N–H and O–H groups in total. The number of hydrogen-bond donors (Lipinski definition) is 3. The maximum Gasteiger partial charge on any atom is 0.407 e. The first-order valence-corrected chi connectivity index (χ1v) is 9.04. The van der Waals surface area contributed by atoms with Gasteiger partial charge in [-0.3, -0.25) is 9.59 Å². The van der Waals surface area contributed by atoms with Gasteiger partial charge in [0.2, 0.25) is 0 Å². The van der Waals surface area contributed by atoms with Gasteiger partial charge in [-0.05, 0) is 24.5 Å². The molecule has 0 aliphatic carbocycles. The lowest BCUT2D eigenvalue weighted by Gasteiger charge is -2.09. The van der Waals surface area contributed by atoms with Crippen molar-refractivity contribution in [3.05, 3.63) is 71.8 Å². The Labute approximate surface area is 169 Å². The van der Waals surface area contributed by atoms with E-state index < -0.39 is 24.6 Å². The number of rotatable bonds is 8. The quantitative estimate of drug-likeness (QED) is 0.577. The molecule has 8 heteroatoms. The molecule has 0 heterocycles. The van der Waals surface area contributed by atoms with Crippen molar-refractivity contribution in [3.63, 3.8) is 0 Å². The van der Waals surface area contributed by atoms with E-state index >= 15 is 0 Å². The summed E-state index contributed by atoms with van der Waals surface area (Å²) < 4.78 is 9.58. The molecular weight excluding hydrogens is 376 g/mol. The standard InChI is InChI=1S/C11H15NO2.C10H11NO4/c1-2-14-11(13)10(12)8-9-6-4-3-5-7-9;12-9(13)6-11-10(14)15-7-8-4-2-1-3-5-8/h3-7,10H,2,8,12H2,1H3;1-5H,6-7H2,(H,11,14)(H,12,13). The Hall–Kier alpha value is -3.39. The molecule has 2 aromatic carbocycles. The molecule has 8 nitrogen and oxygen atoms in total. The summed E-state index contributed by atoms with van der Waals surface area (Å²) in [4.78, 5) is 32.2. The van der Waals surface area contributed by atoms with E-state index in [1.165, 1.54) is 0 Å². The van der Waals surface area contributed by atoms with Gasteiger partial charge in [-0.2, -0.15) is 0 Å². The zero-order valence-corrected chi connectivity index (χ0v) is 16.2. The summed E-state index contributed by atoms with van der Waals surface area (Å²) >= 11 is 0. The number of esters is 1. The van der Waals surface area contributed by atoms with Crippen molar-refractivity contribution in [2.45, 2.75) is 26.0 Å². The van der Waals surface area contributed by atoms with Crippen LogP contribution in [0.25, 0.3) is 0 Å². The van der Waals surface area contributed by atoms with Gasteiger partial charge < -0.3 is 25.6 Å². The number of carbonyl (C=O) groups is 3. The number of nitrogens with two attached hydrogens (primary N) is 1. The van der Waals surface area contributed by atoms with Gasteiger partial charge in [-0.15, -0.1) is 0 Å². The fourth-order valence-electron chi connectivity index (χ4n) is 2.12.